The third kappa shape index (κ3) is 9.50. The Hall–Kier alpha value is -4.29. The third-order valence-electron chi connectivity index (χ3n) is 13.2. The molecular formula is C43H56N8O16S. The van der Waals surface area contributed by atoms with Gasteiger partial charge in [0.2, 0.25) is 5.88 Å². The first kappa shape index (κ1) is 48.7. The second-order valence-corrected chi connectivity index (χ2v) is 18.6. The second-order valence-electron chi connectivity index (χ2n) is 17.3. The number of ether oxygens (including phenoxy) is 5. The molecule has 0 saturated carbocycles. The van der Waals surface area contributed by atoms with E-state index < -0.39 is 90.4 Å². The van der Waals surface area contributed by atoms with E-state index in [0.717, 1.165) is 11.8 Å². The minimum absolute atomic E-state index is 0.0740. The van der Waals surface area contributed by atoms with Crippen molar-refractivity contribution in [3.8, 4) is 17.0 Å². The summed E-state index contributed by atoms with van der Waals surface area (Å²) in [4.78, 5) is 52.0. The smallest absolute Gasteiger partial charge is 0.263 e. The molecule has 0 spiro atoms. The molecule has 0 bridgehead atoms. The van der Waals surface area contributed by atoms with Gasteiger partial charge in [-0.3, -0.25) is 43.0 Å². The molecule has 1 aromatic carbocycles. The first-order valence-electron chi connectivity index (χ1n) is 22.6. The summed E-state index contributed by atoms with van der Waals surface area (Å²) in [6.45, 7) is 4.90. The summed E-state index contributed by atoms with van der Waals surface area (Å²) in [6, 6.07) is 4.73. The third-order valence-corrected chi connectivity index (χ3v) is 14.4. The van der Waals surface area contributed by atoms with Crippen molar-refractivity contribution < 1.29 is 64.5 Å². The number of pyridine rings is 2. The number of aliphatic hydroxyl groups is 7. The molecule has 9 rings (SSSR count). The van der Waals surface area contributed by atoms with Crippen molar-refractivity contribution in [2.24, 2.45) is 4.99 Å². The molecular weight excluding hydrogens is 917 g/mol. The number of hydrogen-bond acceptors (Lipinski definition) is 22. The molecule has 7 heterocycles. The molecule has 68 heavy (non-hydrogen) atoms. The van der Waals surface area contributed by atoms with Crippen LogP contribution in [0, 0.1) is 0 Å². The van der Waals surface area contributed by atoms with Crippen LogP contribution >= 0.6 is 11.8 Å². The maximum atomic E-state index is 14.6. The lowest BCUT2D eigenvalue weighted by Crippen LogP contribution is -2.64. The molecule has 2 aromatic heterocycles. The summed E-state index contributed by atoms with van der Waals surface area (Å²) in [5.41, 5.74) is -1.76. The maximum Gasteiger partial charge on any atom is 0.263 e. The predicted octanol–water partition coefficient (Wildman–Crippen LogP) is -4.92. The summed E-state index contributed by atoms with van der Waals surface area (Å²) in [6.07, 6.45) is -12.3. The monoisotopic (exact) mass is 972 g/mol. The first-order valence-corrected chi connectivity index (χ1v) is 23.7. The molecule has 0 unspecified atom stereocenters. The van der Waals surface area contributed by atoms with Crippen molar-refractivity contribution >= 4 is 33.3 Å². The number of aromatic hydroxyl groups is 1. The van der Waals surface area contributed by atoms with Crippen LogP contribution in [0.25, 0.3) is 32.7 Å². The van der Waals surface area contributed by atoms with Gasteiger partial charge in [0.05, 0.1) is 75.2 Å². The zero-order valence-electron chi connectivity index (χ0n) is 36.9. The van der Waals surface area contributed by atoms with E-state index >= 15 is 0 Å². The molecule has 0 amide bonds. The number of benzene rings is 2. The van der Waals surface area contributed by atoms with Crippen LogP contribution in [0.3, 0.4) is 0 Å². The number of aliphatic hydroxyl groups excluding tert-OH is 7. The molecule has 4 saturated heterocycles. The normalized spacial score (nSPS) is 29.2. The zero-order chi connectivity index (χ0) is 47.8. The van der Waals surface area contributed by atoms with E-state index in [1.807, 2.05) is 0 Å². The molecule has 6 aliphatic rings. The lowest BCUT2D eigenvalue weighted by Gasteiger charge is -2.46. The Morgan fingerprint density at radius 2 is 1.38 bits per heavy atom. The van der Waals surface area contributed by atoms with Crippen molar-refractivity contribution in [2.75, 3.05) is 84.7 Å². The summed E-state index contributed by atoms with van der Waals surface area (Å²) in [5.74, 6) is -0.0132. The van der Waals surface area contributed by atoms with Gasteiger partial charge in [0.1, 0.15) is 60.0 Å². The average molecular weight is 973 g/mol. The molecule has 25 heteroatoms. The van der Waals surface area contributed by atoms with E-state index in [1.54, 1.807) is 18.3 Å². The van der Waals surface area contributed by atoms with Gasteiger partial charge in [0.15, 0.2) is 6.29 Å². The van der Waals surface area contributed by atoms with E-state index in [0.29, 0.717) is 76.8 Å². The molecule has 4 fully saturated rings. The minimum atomic E-state index is -1.78. The average Bonchev–Trinajstić information content (AvgIpc) is 3.81. The van der Waals surface area contributed by atoms with Gasteiger partial charge in [0, 0.05) is 79.8 Å². The Morgan fingerprint density at radius 1 is 0.721 bits per heavy atom. The highest BCUT2D eigenvalue weighted by atomic mass is 32.2. The molecule has 8 N–H and O–H groups in total. The molecule has 370 valence electrons. The van der Waals surface area contributed by atoms with Crippen LogP contribution in [-0.2, 0) is 49.9 Å². The highest BCUT2D eigenvalue weighted by Crippen LogP contribution is 2.37. The van der Waals surface area contributed by atoms with Gasteiger partial charge in [-0.15, -0.1) is 16.9 Å². The number of aromatic nitrogens is 5. The van der Waals surface area contributed by atoms with E-state index in [9.17, 15) is 55.2 Å². The Kier molecular flexibility index (Phi) is 15.0. The summed E-state index contributed by atoms with van der Waals surface area (Å²) >= 11 is 1.11. The second kappa shape index (κ2) is 21.0. The van der Waals surface area contributed by atoms with Crippen molar-refractivity contribution in [2.45, 2.75) is 86.7 Å². The van der Waals surface area contributed by atoms with Crippen molar-refractivity contribution in [1.82, 2.24) is 33.9 Å². The van der Waals surface area contributed by atoms with Crippen LogP contribution in [0.2, 0.25) is 0 Å². The number of aryl methyl sites for hydroxylation is 1. The highest BCUT2D eigenvalue weighted by molar-refractivity contribution is 7.99. The number of nitrogens with zero attached hydrogens (tertiary/aromatic N) is 8. The van der Waals surface area contributed by atoms with Gasteiger partial charge in [-0.2, -0.15) is 0 Å². The fraction of sp³-hybridized carbons (Fsp3) is 0.628. The SMILES string of the molecule is O=c1c2c(=NCc3cn(CCS[C@@H]4O[C@H](CO)[C@@H](O[C@H]5O[C@H](CO)[C@@H](O)[C@H](O)[C@H]5O)[C@H](O)[C@H]4O)nn3)cc3c(=O)n(CCN4CCOCC4)c(=O)c4ccc(c(O)n1CCN1CCOCC1)c2c4-3. The quantitative estimate of drug-likeness (QED) is 0.0430. The Labute approximate surface area is 390 Å². The lowest BCUT2D eigenvalue weighted by atomic mass is 9.90. The Balaban J connectivity index is 0.951. The molecule has 3 aromatic rings. The van der Waals surface area contributed by atoms with Gasteiger partial charge >= 0.3 is 0 Å². The van der Waals surface area contributed by atoms with Crippen molar-refractivity contribution in [1.29, 1.82) is 0 Å². The van der Waals surface area contributed by atoms with Gasteiger partial charge in [-0.05, 0) is 18.2 Å². The fourth-order valence-corrected chi connectivity index (χ4v) is 10.5. The van der Waals surface area contributed by atoms with E-state index in [-0.39, 0.29) is 70.5 Å². The fourth-order valence-electron chi connectivity index (χ4n) is 9.37. The van der Waals surface area contributed by atoms with Gasteiger partial charge in [0.25, 0.3) is 16.7 Å². The molecule has 24 nitrogen and oxygen atoms in total. The molecule has 5 aliphatic heterocycles. The molecule has 0 radical (unpaired) electrons. The van der Waals surface area contributed by atoms with Crippen LogP contribution in [0.1, 0.15) is 5.69 Å². The van der Waals surface area contributed by atoms with Crippen LogP contribution in [0.5, 0.6) is 5.88 Å². The van der Waals surface area contributed by atoms with Crippen LogP contribution < -0.4 is 22.0 Å². The van der Waals surface area contributed by atoms with Gasteiger partial charge < -0.3 is 64.5 Å². The Bertz CT molecular complexity index is 2730. The topological polar surface area (TPSA) is 319 Å². The van der Waals surface area contributed by atoms with Gasteiger partial charge in [-0.1, -0.05) is 5.21 Å². The van der Waals surface area contributed by atoms with Crippen LogP contribution in [-0.4, -0.2) is 220 Å². The zero-order valence-corrected chi connectivity index (χ0v) is 37.7. The molecule has 1 aliphatic carbocycles. The standard InChI is InChI=1S/C43H56N8O16S/c52-20-27-32(54)33(55)35(57)42(65-27)67-37-28(21-53)66-43(36(58)34(37)56)68-16-11-49-19-22(45-46-49)18-44-26-17-25-29-23(38(59)50(40(25)61)5-3-47-7-12-63-13-8-47)1-2-24-30(29)31(26)41(62)51(39(24)60)6-4-48-9-14-64-15-10-48/h1-2,17,19,27-28,32-37,42-43,52-58,60H,3-16,18,20-21H2/t27-,28-,32-,33+,34-,35-,36-,37-,42-,43+/m1/s1. The van der Waals surface area contributed by atoms with E-state index in [1.165, 1.54) is 19.9 Å². The highest BCUT2D eigenvalue weighted by Gasteiger charge is 2.50. The number of thioether (sulfide) groups is 1. The maximum absolute atomic E-state index is 14.6. The summed E-state index contributed by atoms with van der Waals surface area (Å²) < 4.78 is 31.9. The number of hydrogen-bond donors (Lipinski definition) is 8. The van der Waals surface area contributed by atoms with Crippen LogP contribution in [0.4, 0.5) is 0 Å². The number of morpholine rings is 2. The predicted molar refractivity (Wildman–Crippen MR) is 240 cm³/mol. The molecule has 10 atom stereocenters. The summed E-state index contributed by atoms with van der Waals surface area (Å²) in [7, 11) is 0. The summed E-state index contributed by atoms with van der Waals surface area (Å²) in [5, 5.41) is 93.7. The lowest BCUT2D eigenvalue weighted by molar-refractivity contribution is -0.338. The van der Waals surface area contributed by atoms with E-state index in [4.69, 9.17) is 28.7 Å². The van der Waals surface area contributed by atoms with Crippen molar-refractivity contribution in [3.05, 3.63) is 66.5 Å². The van der Waals surface area contributed by atoms with E-state index in [2.05, 4.69) is 20.1 Å². The van der Waals surface area contributed by atoms with Gasteiger partial charge in [-0.25, -0.2) is 0 Å². The Morgan fingerprint density at radius 3 is 2.06 bits per heavy atom. The largest absolute Gasteiger partial charge is 0.494 e. The first-order chi connectivity index (χ1) is 32.9. The minimum Gasteiger partial charge on any atom is -0.494 e. The van der Waals surface area contributed by atoms with Crippen LogP contribution in [0.15, 0.2) is 43.8 Å². The van der Waals surface area contributed by atoms with Crippen molar-refractivity contribution in [3.63, 3.8) is 0 Å². The number of rotatable bonds is 16.